The first kappa shape index (κ1) is 12.4. The van der Waals surface area contributed by atoms with Crippen LogP contribution in [0.1, 0.15) is 38.1 Å². The normalized spacial score (nSPS) is 24.6. The van der Waals surface area contributed by atoms with Gasteiger partial charge in [-0.1, -0.05) is 12.2 Å². The molecule has 102 valence electrons. The number of likely N-dealkylation sites (tertiary alicyclic amines) is 1. The molecule has 2 aliphatic rings. The third-order valence-electron chi connectivity index (χ3n) is 4.16. The Bertz CT molecular complexity index is 446. The summed E-state index contributed by atoms with van der Waals surface area (Å²) in [5, 5.41) is 8.39. The van der Waals surface area contributed by atoms with Gasteiger partial charge in [-0.05, 0) is 32.1 Å². The first-order valence-corrected chi connectivity index (χ1v) is 7.14. The summed E-state index contributed by atoms with van der Waals surface area (Å²) in [6, 6.07) is 0.352. The smallest absolute Gasteiger partial charge is 0.226 e. The van der Waals surface area contributed by atoms with Gasteiger partial charge in [0.05, 0.1) is 18.4 Å². The number of piperidine rings is 1. The zero-order valence-electron chi connectivity index (χ0n) is 11.1. The average molecular weight is 260 g/mol. The first-order valence-electron chi connectivity index (χ1n) is 7.14. The standard InChI is InChI=1S/C14H20N4O/c19-14(12-4-2-1-3-5-12)17-10-6-13(7-11-17)18-15-8-9-16-18/h1-2,8-9,12-13H,3-7,10-11H2. The highest BCUT2D eigenvalue weighted by Gasteiger charge is 2.29. The van der Waals surface area contributed by atoms with Crippen molar-refractivity contribution in [2.45, 2.75) is 38.1 Å². The number of allylic oxidation sites excluding steroid dienone is 2. The fraction of sp³-hybridized carbons (Fsp3) is 0.643. The summed E-state index contributed by atoms with van der Waals surface area (Å²) >= 11 is 0. The second kappa shape index (κ2) is 5.55. The van der Waals surface area contributed by atoms with Gasteiger partial charge in [-0.2, -0.15) is 15.0 Å². The largest absolute Gasteiger partial charge is 0.342 e. The highest BCUT2D eigenvalue weighted by atomic mass is 16.2. The molecule has 0 saturated carbocycles. The zero-order valence-corrected chi connectivity index (χ0v) is 11.1. The molecule has 1 amide bonds. The minimum absolute atomic E-state index is 0.212. The first-order chi connectivity index (χ1) is 9.34. The van der Waals surface area contributed by atoms with Crippen LogP contribution in [0.3, 0.4) is 0 Å². The molecule has 19 heavy (non-hydrogen) atoms. The van der Waals surface area contributed by atoms with Crippen LogP contribution in [0.5, 0.6) is 0 Å². The molecular formula is C14H20N4O. The summed E-state index contributed by atoms with van der Waals surface area (Å²) in [4.78, 5) is 16.2. The Morgan fingerprint density at radius 2 is 1.79 bits per heavy atom. The minimum atomic E-state index is 0.212. The fourth-order valence-corrected chi connectivity index (χ4v) is 3.01. The molecule has 1 saturated heterocycles. The molecule has 1 fully saturated rings. The number of nitrogens with zero attached hydrogens (tertiary/aromatic N) is 4. The number of rotatable bonds is 2. The minimum Gasteiger partial charge on any atom is -0.342 e. The number of amides is 1. The second-order valence-electron chi connectivity index (χ2n) is 5.39. The topological polar surface area (TPSA) is 51.0 Å². The zero-order chi connectivity index (χ0) is 13.1. The third kappa shape index (κ3) is 2.69. The van der Waals surface area contributed by atoms with Crippen LogP contribution in [0.15, 0.2) is 24.5 Å². The Balaban J connectivity index is 1.55. The van der Waals surface area contributed by atoms with Crippen LogP contribution < -0.4 is 0 Å². The Morgan fingerprint density at radius 3 is 2.42 bits per heavy atom. The molecule has 0 N–H and O–H groups in total. The van der Waals surface area contributed by atoms with E-state index >= 15 is 0 Å². The fourth-order valence-electron chi connectivity index (χ4n) is 3.01. The van der Waals surface area contributed by atoms with Gasteiger partial charge in [-0.15, -0.1) is 0 Å². The van der Waals surface area contributed by atoms with Crippen molar-refractivity contribution in [1.29, 1.82) is 0 Å². The Hall–Kier alpha value is -1.65. The van der Waals surface area contributed by atoms with Crippen molar-refractivity contribution in [3.63, 3.8) is 0 Å². The van der Waals surface area contributed by atoms with Crippen molar-refractivity contribution in [3.8, 4) is 0 Å². The summed E-state index contributed by atoms with van der Waals surface area (Å²) in [7, 11) is 0. The molecule has 1 aromatic heterocycles. The van der Waals surface area contributed by atoms with E-state index in [9.17, 15) is 4.79 Å². The van der Waals surface area contributed by atoms with E-state index in [1.54, 1.807) is 17.2 Å². The highest BCUT2D eigenvalue weighted by Crippen LogP contribution is 2.25. The number of aromatic nitrogens is 3. The molecule has 1 unspecified atom stereocenters. The Kier molecular flexibility index (Phi) is 3.62. The third-order valence-corrected chi connectivity index (χ3v) is 4.16. The molecule has 5 heteroatoms. The van der Waals surface area contributed by atoms with Crippen LogP contribution >= 0.6 is 0 Å². The lowest BCUT2D eigenvalue weighted by molar-refractivity contribution is -0.137. The van der Waals surface area contributed by atoms with Gasteiger partial charge >= 0.3 is 0 Å². The maximum absolute atomic E-state index is 12.4. The molecule has 0 bridgehead atoms. The van der Waals surface area contributed by atoms with Crippen molar-refractivity contribution >= 4 is 5.91 Å². The molecule has 2 heterocycles. The predicted molar refractivity (Wildman–Crippen MR) is 71.4 cm³/mol. The summed E-state index contributed by atoms with van der Waals surface area (Å²) in [5.74, 6) is 0.556. The van der Waals surface area contributed by atoms with Crippen LogP contribution in [-0.4, -0.2) is 38.9 Å². The number of carbonyl (C=O) groups is 1. The summed E-state index contributed by atoms with van der Waals surface area (Å²) < 4.78 is 0. The Labute approximate surface area is 113 Å². The SMILES string of the molecule is O=C(C1CC=CCC1)N1CCC(n2nccn2)CC1. The van der Waals surface area contributed by atoms with E-state index < -0.39 is 0 Å². The van der Waals surface area contributed by atoms with Crippen LogP contribution in [-0.2, 0) is 4.79 Å². The van der Waals surface area contributed by atoms with Crippen molar-refractivity contribution < 1.29 is 4.79 Å². The molecular weight excluding hydrogens is 240 g/mol. The van der Waals surface area contributed by atoms with Gasteiger partial charge in [-0.3, -0.25) is 4.79 Å². The van der Waals surface area contributed by atoms with Crippen molar-refractivity contribution in [1.82, 2.24) is 19.9 Å². The molecule has 1 aromatic rings. The number of carbonyl (C=O) groups excluding carboxylic acids is 1. The van der Waals surface area contributed by atoms with Crippen LogP contribution in [0, 0.1) is 5.92 Å². The molecule has 1 aliphatic carbocycles. The van der Waals surface area contributed by atoms with Crippen molar-refractivity contribution in [2.24, 2.45) is 5.92 Å². The Morgan fingerprint density at radius 1 is 1.05 bits per heavy atom. The lowest BCUT2D eigenvalue weighted by Crippen LogP contribution is -2.42. The molecule has 3 rings (SSSR count). The summed E-state index contributed by atoms with van der Waals surface area (Å²) in [5.41, 5.74) is 0. The lowest BCUT2D eigenvalue weighted by atomic mass is 9.92. The van der Waals surface area contributed by atoms with Crippen LogP contribution in [0.2, 0.25) is 0 Å². The lowest BCUT2D eigenvalue weighted by Gasteiger charge is -2.34. The molecule has 0 radical (unpaired) electrons. The van der Waals surface area contributed by atoms with Gasteiger partial charge in [-0.25, -0.2) is 0 Å². The number of hydrogen-bond acceptors (Lipinski definition) is 3. The quantitative estimate of drug-likeness (QED) is 0.762. The van der Waals surface area contributed by atoms with E-state index in [4.69, 9.17) is 0 Å². The molecule has 5 nitrogen and oxygen atoms in total. The molecule has 0 aromatic carbocycles. The van der Waals surface area contributed by atoms with Crippen LogP contribution in [0.4, 0.5) is 0 Å². The van der Waals surface area contributed by atoms with E-state index in [-0.39, 0.29) is 5.92 Å². The number of hydrogen-bond donors (Lipinski definition) is 0. The maximum atomic E-state index is 12.4. The molecule has 0 spiro atoms. The van der Waals surface area contributed by atoms with E-state index in [1.165, 1.54) is 0 Å². The predicted octanol–water partition coefficient (Wildman–Crippen LogP) is 1.80. The van der Waals surface area contributed by atoms with E-state index in [0.29, 0.717) is 11.9 Å². The van der Waals surface area contributed by atoms with Gasteiger partial charge in [0.25, 0.3) is 0 Å². The van der Waals surface area contributed by atoms with E-state index in [2.05, 4.69) is 22.3 Å². The highest BCUT2D eigenvalue weighted by molar-refractivity contribution is 5.79. The van der Waals surface area contributed by atoms with Crippen LogP contribution in [0.25, 0.3) is 0 Å². The monoisotopic (exact) mass is 260 g/mol. The van der Waals surface area contributed by atoms with E-state index in [0.717, 1.165) is 45.2 Å². The van der Waals surface area contributed by atoms with Crippen molar-refractivity contribution in [3.05, 3.63) is 24.5 Å². The van der Waals surface area contributed by atoms with E-state index in [1.807, 2.05) is 4.90 Å². The van der Waals surface area contributed by atoms with Gasteiger partial charge in [0, 0.05) is 19.0 Å². The average Bonchev–Trinajstić information content (AvgIpc) is 3.02. The molecule has 1 atom stereocenters. The van der Waals surface area contributed by atoms with Gasteiger partial charge in [0.15, 0.2) is 0 Å². The summed E-state index contributed by atoms with van der Waals surface area (Å²) in [6.07, 6.45) is 12.6. The van der Waals surface area contributed by atoms with Crippen molar-refractivity contribution in [2.75, 3.05) is 13.1 Å². The molecule has 1 aliphatic heterocycles. The second-order valence-corrected chi connectivity index (χ2v) is 5.39. The van der Waals surface area contributed by atoms with Gasteiger partial charge in [0.1, 0.15) is 0 Å². The van der Waals surface area contributed by atoms with Gasteiger partial charge < -0.3 is 4.90 Å². The summed E-state index contributed by atoms with van der Waals surface area (Å²) in [6.45, 7) is 1.68. The maximum Gasteiger partial charge on any atom is 0.226 e. The van der Waals surface area contributed by atoms with Gasteiger partial charge in [0.2, 0.25) is 5.91 Å².